The van der Waals surface area contributed by atoms with Crippen molar-refractivity contribution in [3.05, 3.63) is 35.6 Å². The zero-order chi connectivity index (χ0) is 12.0. The topological polar surface area (TPSA) is 58.6 Å². The van der Waals surface area contributed by atoms with Gasteiger partial charge in [-0.25, -0.2) is 4.39 Å². The maximum atomic E-state index is 12.8. The molecule has 5 heteroatoms. The molecular weight excluding hydrogens is 213 g/mol. The fourth-order valence-electron chi connectivity index (χ4n) is 1.21. The Labute approximate surface area is 93.0 Å². The van der Waals surface area contributed by atoms with E-state index >= 15 is 0 Å². The molecule has 0 bridgehead atoms. The third-order valence-corrected chi connectivity index (χ3v) is 2.07. The van der Waals surface area contributed by atoms with Crippen molar-refractivity contribution in [3.63, 3.8) is 0 Å². The van der Waals surface area contributed by atoms with Crippen LogP contribution in [0.25, 0.3) is 0 Å². The molecule has 88 valence electrons. The van der Waals surface area contributed by atoms with Crippen LogP contribution in [-0.2, 0) is 9.53 Å². The highest BCUT2D eigenvalue weighted by atomic mass is 19.1. The van der Waals surface area contributed by atoms with Gasteiger partial charge in [0.15, 0.2) is 0 Å². The number of aliphatic hydroxyl groups is 1. The number of esters is 1. The first kappa shape index (κ1) is 12.6. The van der Waals surface area contributed by atoms with Crippen molar-refractivity contribution in [2.24, 2.45) is 0 Å². The molecule has 0 aliphatic rings. The predicted octanol–water partition coefficient (Wildman–Crippen LogP) is 0.622. The van der Waals surface area contributed by atoms with E-state index < -0.39 is 17.9 Å². The molecule has 0 aromatic heterocycles. The van der Waals surface area contributed by atoms with Gasteiger partial charge in [0.25, 0.3) is 0 Å². The Balaban J connectivity index is 2.40. The second kappa shape index (κ2) is 6.19. The number of aliphatic hydroxyl groups excluding tert-OH is 1. The van der Waals surface area contributed by atoms with Crippen molar-refractivity contribution in [2.75, 3.05) is 20.2 Å². The summed E-state index contributed by atoms with van der Waals surface area (Å²) in [6.45, 7) is 0.182. The van der Waals surface area contributed by atoms with Crippen LogP contribution in [0.2, 0.25) is 0 Å². The van der Waals surface area contributed by atoms with E-state index in [4.69, 9.17) is 0 Å². The molecular formula is C11H14FNO3. The number of hydrogen-bond donors (Lipinski definition) is 2. The summed E-state index contributed by atoms with van der Waals surface area (Å²) in [4.78, 5) is 10.8. The van der Waals surface area contributed by atoms with Crippen LogP contribution in [0.5, 0.6) is 0 Å². The number of nitrogens with one attached hydrogen (secondary N) is 1. The van der Waals surface area contributed by atoms with Gasteiger partial charge < -0.3 is 15.2 Å². The zero-order valence-corrected chi connectivity index (χ0v) is 8.94. The highest BCUT2D eigenvalue weighted by Gasteiger charge is 2.08. The Morgan fingerprint density at radius 1 is 1.62 bits per heavy atom. The van der Waals surface area contributed by atoms with E-state index in [9.17, 15) is 14.3 Å². The Hall–Kier alpha value is -1.46. The van der Waals surface area contributed by atoms with Gasteiger partial charge in [0.2, 0.25) is 0 Å². The maximum absolute atomic E-state index is 12.8. The smallest absolute Gasteiger partial charge is 0.319 e. The molecule has 1 unspecified atom stereocenters. The molecule has 1 aromatic carbocycles. The average molecular weight is 227 g/mol. The van der Waals surface area contributed by atoms with E-state index in [-0.39, 0.29) is 13.1 Å². The van der Waals surface area contributed by atoms with Crippen LogP contribution in [0.1, 0.15) is 11.7 Å². The molecule has 0 aliphatic carbocycles. The Morgan fingerprint density at radius 2 is 2.38 bits per heavy atom. The van der Waals surface area contributed by atoms with Gasteiger partial charge in [0.1, 0.15) is 5.82 Å². The number of carbonyl (C=O) groups excluding carboxylic acids is 1. The van der Waals surface area contributed by atoms with Gasteiger partial charge in [-0.3, -0.25) is 4.79 Å². The van der Waals surface area contributed by atoms with Crippen molar-refractivity contribution in [1.82, 2.24) is 5.32 Å². The van der Waals surface area contributed by atoms with Crippen molar-refractivity contribution >= 4 is 5.97 Å². The van der Waals surface area contributed by atoms with E-state index in [0.717, 1.165) is 0 Å². The predicted molar refractivity (Wildman–Crippen MR) is 56.2 cm³/mol. The lowest BCUT2D eigenvalue weighted by Crippen LogP contribution is -2.28. The van der Waals surface area contributed by atoms with E-state index in [1.165, 1.54) is 25.3 Å². The van der Waals surface area contributed by atoms with Crippen LogP contribution in [0.3, 0.4) is 0 Å². The van der Waals surface area contributed by atoms with Crippen molar-refractivity contribution in [2.45, 2.75) is 6.10 Å². The van der Waals surface area contributed by atoms with Crippen LogP contribution in [0, 0.1) is 5.82 Å². The number of rotatable bonds is 5. The second-order valence-corrected chi connectivity index (χ2v) is 3.28. The Kier molecular flexibility index (Phi) is 4.88. The average Bonchev–Trinajstić information content (AvgIpc) is 2.28. The quantitative estimate of drug-likeness (QED) is 0.724. The van der Waals surface area contributed by atoms with E-state index in [0.29, 0.717) is 5.56 Å². The summed E-state index contributed by atoms with van der Waals surface area (Å²) in [5, 5.41) is 12.4. The molecule has 0 aliphatic heterocycles. The fourth-order valence-corrected chi connectivity index (χ4v) is 1.21. The highest BCUT2D eigenvalue weighted by molar-refractivity contribution is 5.71. The molecule has 0 radical (unpaired) electrons. The van der Waals surface area contributed by atoms with Gasteiger partial charge in [-0.05, 0) is 17.7 Å². The SMILES string of the molecule is COC(=O)CNCC(O)c1cccc(F)c1. The summed E-state index contributed by atoms with van der Waals surface area (Å²) in [5.74, 6) is -0.809. The minimum atomic E-state index is -0.847. The molecule has 1 atom stereocenters. The number of methoxy groups -OCH3 is 1. The molecule has 0 spiro atoms. The zero-order valence-electron chi connectivity index (χ0n) is 8.94. The minimum Gasteiger partial charge on any atom is -0.468 e. The number of hydrogen-bond acceptors (Lipinski definition) is 4. The molecule has 1 rings (SSSR count). The Bertz CT molecular complexity index is 357. The van der Waals surface area contributed by atoms with Crippen LogP contribution < -0.4 is 5.32 Å². The Morgan fingerprint density at radius 3 is 3.00 bits per heavy atom. The van der Waals surface area contributed by atoms with E-state index in [1.807, 2.05) is 0 Å². The van der Waals surface area contributed by atoms with Gasteiger partial charge in [0.05, 0.1) is 19.8 Å². The first-order valence-electron chi connectivity index (χ1n) is 4.84. The first-order valence-corrected chi connectivity index (χ1v) is 4.84. The van der Waals surface area contributed by atoms with Crippen molar-refractivity contribution < 1.29 is 19.0 Å². The molecule has 0 saturated heterocycles. The van der Waals surface area contributed by atoms with Crippen LogP contribution in [0.4, 0.5) is 4.39 Å². The summed E-state index contributed by atoms with van der Waals surface area (Å²) in [6, 6.07) is 5.70. The van der Waals surface area contributed by atoms with Gasteiger partial charge in [0, 0.05) is 6.54 Å². The molecule has 0 saturated carbocycles. The number of halogens is 1. The number of ether oxygens (including phenoxy) is 1. The second-order valence-electron chi connectivity index (χ2n) is 3.28. The minimum absolute atomic E-state index is 0.0167. The third-order valence-electron chi connectivity index (χ3n) is 2.07. The molecule has 0 amide bonds. The molecule has 0 fully saturated rings. The summed E-state index contributed by atoms with van der Waals surface area (Å²) < 4.78 is 17.2. The van der Waals surface area contributed by atoms with Gasteiger partial charge in [-0.15, -0.1) is 0 Å². The van der Waals surface area contributed by atoms with Crippen molar-refractivity contribution in [3.8, 4) is 0 Å². The van der Waals surface area contributed by atoms with Gasteiger partial charge in [-0.2, -0.15) is 0 Å². The summed E-state index contributed by atoms with van der Waals surface area (Å²) >= 11 is 0. The largest absolute Gasteiger partial charge is 0.468 e. The van der Waals surface area contributed by atoms with E-state index in [2.05, 4.69) is 10.1 Å². The van der Waals surface area contributed by atoms with Gasteiger partial charge in [-0.1, -0.05) is 12.1 Å². The summed E-state index contributed by atoms with van der Waals surface area (Å²) in [5.41, 5.74) is 0.470. The van der Waals surface area contributed by atoms with E-state index in [1.54, 1.807) is 6.07 Å². The standard InChI is InChI=1S/C11H14FNO3/c1-16-11(15)7-13-6-10(14)8-3-2-4-9(12)5-8/h2-5,10,13-14H,6-7H2,1H3. The summed E-state index contributed by atoms with van der Waals surface area (Å²) in [6.07, 6.45) is -0.847. The normalized spacial score (nSPS) is 12.2. The lowest BCUT2D eigenvalue weighted by atomic mass is 10.1. The number of carbonyl (C=O) groups is 1. The molecule has 0 heterocycles. The summed E-state index contributed by atoms with van der Waals surface area (Å²) in [7, 11) is 1.28. The van der Waals surface area contributed by atoms with Crippen LogP contribution in [0.15, 0.2) is 24.3 Å². The monoisotopic (exact) mass is 227 g/mol. The molecule has 1 aromatic rings. The molecule has 4 nitrogen and oxygen atoms in total. The maximum Gasteiger partial charge on any atom is 0.319 e. The molecule has 16 heavy (non-hydrogen) atoms. The third kappa shape index (κ3) is 3.96. The fraction of sp³-hybridized carbons (Fsp3) is 0.364. The number of benzene rings is 1. The van der Waals surface area contributed by atoms with Crippen molar-refractivity contribution in [1.29, 1.82) is 0 Å². The van der Waals surface area contributed by atoms with Crippen LogP contribution in [-0.4, -0.2) is 31.3 Å². The lowest BCUT2D eigenvalue weighted by molar-refractivity contribution is -0.139. The van der Waals surface area contributed by atoms with Gasteiger partial charge >= 0.3 is 5.97 Å². The van der Waals surface area contributed by atoms with Crippen LogP contribution >= 0.6 is 0 Å². The first-order chi connectivity index (χ1) is 7.63. The highest BCUT2D eigenvalue weighted by Crippen LogP contribution is 2.12. The molecule has 2 N–H and O–H groups in total. The lowest BCUT2D eigenvalue weighted by Gasteiger charge is -2.11.